The van der Waals surface area contributed by atoms with Crippen LogP contribution in [0, 0.1) is 0 Å². The highest BCUT2D eigenvalue weighted by molar-refractivity contribution is 9.10. The lowest BCUT2D eigenvalue weighted by Crippen LogP contribution is -2.31. The Hall–Kier alpha value is -1.37. The number of nitrogens with zero attached hydrogens (tertiary/aromatic N) is 1. The summed E-state index contributed by atoms with van der Waals surface area (Å²) in [6.45, 7) is 0.230. The van der Waals surface area contributed by atoms with Crippen molar-refractivity contribution in [3.8, 4) is 0 Å². The molecule has 82 valence electrons. The van der Waals surface area contributed by atoms with Crippen molar-refractivity contribution < 1.29 is 4.79 Å². The van der Waals surface area contributed by atoms with Crippen molar-refractivity contribution in [1.82, 2.24) is 14.9 Å². The molecular weight excluding hydrogens is 266 g/mol. The molecule has 0 unspecified atom stereocenters. The zero-order valence-corrected chi connectivity index (χ0v) is 9.63. The number of amides is 1. The number of H-pyrrole nitrogens is 1. The molecule has 0 fully saturated rings. The van der Waals surface area contributed by atoms with Gasteiger partial charge in [-0.1, -0.05) is 0 Å². The Bertz CT molecular complexity index is 477. The third-order valence-corrected chi connectivity index (χ3v) is 2.39. The maximum atomic E-state index is 11.2. The van der Waals surface area contributed by atoms with Gasteiger partial charge in [-0.15, -0.1) is 0 Å². The average molecular weight is 276 g/mol. The second kappa shape index (κ2) is 4.92. The maximum Gasteiger partial charge on any atom is 0.328 e. The monoisotopic (exact) mass is 275 g/mol. The van der Waals surface area contributed by atoms with E-state index in [9.17, 15) is 14.4 Å². The van der Waals surface area contributed by atoms with E-state index < -0.39 is 11.2 Å². The van der Waals surface area contributed by atoms with Crippen LogP contribution in [-0.2, 0) is 11.3 Å². The fourth-order valence-corrected chi connectivity index (χ4v) is 1.34. The van der Waals surface area contributed by atoms with Gasteiger partial charge >= 0.3 is 5.69 Å². The van der Waals surface area contributed by atoms with E-state index in [1.165, 1.54) is 17.8 Å². The van der Waals surface area contributed by atoms with E-state index in [1.54, 1.807) is 0 Å². The molecule has 0 saturated heterocycles. The highest BCUT2D eigenvalue weighted by atomic mass is 79.9. The van der Waals surface area contributed by atoms with Crippen LogP contribution in [-0.4, -0.2) is 22.5 Å². The molecule has 2 N–H and O–H groups in total. The summed E-state index contributed by atoms with van der Waals surface area (Å²) >= 11 is 3.00. The van der Waals surface area contributed by atoms with Crippen LogP contribution in [0.5, 0.6) is 0 Å². The van der Waals surface area contributed by atoms with Crippen LogP contribution in [0.25, 0.3) is 0 Å². The number of carbonyl (C=O) groups excluding carboxylic acids is 1. The van der Waals surface area contributed by atoms with Crippen molar-refractivity contribution in [3.05, 3.63) is 31.5 Å². The largest absolute Gasteiger partial charge is 0.359 e. The average Bonchev–Trinajstić information content (AvgIpc) is 2.21. The first-order valence-electron chi connectivity index (χ1n) is 4.24. The quantitative estimate of drug-likeness (QED) is 0.775. The number of hydrogen-bond donors (Lipinski definition) is 2. The Morgan fingerprint density at radius 3 is 2.87 bits per heavy atom. The van der Waals surface area contributed by atoms with Gasteiger partial charge < -0.3 is 5.32 Å². The first-order valence-corrected chi connectivity index (χ1v) is 5.03. The van der Waals surface area contributed by atoms with Gasteiger partial charge in [0.1, 0.15) is 0 Å². The van der Waals surface area contributed by atoms with Crippen molar-refractivity contribution >= 4 is 21.8 Å². The molecule has 0 saturated carbocycles. The molecule has 7 heteroatoms. The lowest BCUT2D eigenvalue weighted by molar-refractivity contribution is -0.120. The molecule has 1 amide bonds. The van der Waals surface area contributed by atoms with Gasteiger partial charge in [0, 0.05) is 26.2 Å². The highest BCUT2D eigenvalue weighted by Gasteiger charge is 2.03. The molecule has 1 rings (SSSR count). The van der Waals surface area contributed by atoms with E-state index in [2.05, 4.69) is 26.2 Å². The van der Waals surface area contributed by atoms with E-state index in [0.29, 0.717) is 0 Å². The third-order valence-electron chi connectivity index (χ3n) is 1.83. The van der Waals surface area contributed by atoms with Gasteiger partial charge in [-0.05, 0) is 15.9 Å². The lowest BCUT2D eigenvalue weighted by atomic mass is 10.4. The second-order valence-electron chi connectivity index (χ2n) is 2.85. The number of aromatic amines is 1. The van der Waals surface area contributed by atoms with E-state index in [1.807, 2.05) is 0 Å². The zero-order chi connectivity index (χ0) is 11.4. The van der Waals surface area contributed by atoms with Crippen LogP contribution in [0.2, 0.25) is 0 Å². The van der Waals surface area contributed by atoms with Crippen LogP contribution in [0.4, 0.5) is 0 Å². The Labute approximate surface area is 93.4 Å². The van der Waals surface area contributed by atoms with E-state index in [0.717, 1.165) is 0 Å². The van der Waals surface area contributed by atoms with Gasteiger partial charge in [0.25, 0.3) is 5.56 Å². The SMILES string of the molecule is CNC(=O)CCn1cc(Br)c(=O)[nH]c1=O. The third kappa shape index (κ3) is 3.05. The summed E-state index contributed by atoms with van der Waals surface area (Å²) in [6, 6.07) is 0. The Morgan fingerprint density at radius 1 is 1.60 bits per heavy atom. The minimum atomic E-state index is -0.521. The van der Waals surface area contributed by atoms with Crippen molar-refractivity contribution in [2.45, 2.75) is 13.0 Å². The summed E-state index contributed by atoms with van der Waals surface area (Å²) < 4.78 is 1.53. The summed E-state index contributed by atoms with van der Waals surface area (Å²) in [7, 11) is 1.52. The van der Waals surface area contributed by atoms with Gasteiger partial charge in [0.15, 0.2) is 0 Å². The summed E-state index contributed by atoms with van der Waals surface area (Å²) in [4.78, 5) is 35.3. The fourth-order valence-electron chi connectivity index (χ4n) is 0.996. The number of rotatable bonds is 3. The molecule has 15 heavy (non-hydrogen) atoms. The molecule has 0 aliphatic carbocycles. The Balaban J connectivity index is 2.87. The standard InChI is InChI=1S/C8H10BrN3O3/c1-10-6(13)2-3-12-4-5(9)7(14)11-8(12)15/h4H,2-3H2,1H3,(H,10,13)(H,11,14,15). The molecule has 0 atom stereocenters. The predicted molar refractivity (Wildman–Crippen MR) is 57.7 cm³/mol. The topological polar surface area (TPSA) is 84.0 Å². The van der Waals surface area contributed by atoms with Crippen molar-refractivity contribution in [1.29, 1.82) is 0 Å². The Kier molecular flexibility index (Phi) is 3.84. The first kappa shape index (κ1) is 11.7. The molecule has 0 spiro atoms. The summed E-state index contributed by atoms with van der Waals surface area (Å²) in [5.74, 6) is -0.163. The number of carbonyl (C=O) groups is 1. The first-order chi connectivity index (χ1) is 7.04. The minimum absolute atomic E-state index is 0.163. The van der Waals surface area contributed by atoms with Gasteiger partial charge in [-0.2, -0.15) is 0 Å². The van der Waals surface area contributed by atoms with Crippen molar-refractivity contribution in [3.63, 3.8) is 0 Å². The number of nitrogens with one attached hydrogen (secondary N) is 2. The van der Waals surface area contributed by atoms with Crippen molar-refractivity contribution in [2.75, 3.05) is 7.05 Å². The number of hydrogen-bond acceptors (Lipinski definition) is 3. The number of aryl methyl sites for hydroxylation is 1. The minimum Gasteiger partial charge on any atom is -0.359 e. The smallest absolute Gasteiger partial charge is 0.328 e. The Morgan fingerprint density at radius 2 is 2.27 bits per heavy atom. The molecule has 0 aliphatic heterocycles. The van der Waals surface area contributed by atoms with E-state index in [4.69, 9.17) is 0 Å². The van der Waals surface area contributed by atoms with Crippen LogP contribution in [0.1, 0.15) is 6.42 Å². The van der Waals surface area contributed by atoms with E-state index >= 15 is 0 Å². The van der Waals surface area contributed by atoms with Gasteiger partial charge in [0.2, 0.25) is 5.91 Å². The molecule has 0 radical (unpaired) electrons. The maximum absolute atomic E-state index is 11.2. The molecule has 1 heterocycles. The lowest BCUT2D eigenvalue weighted by Gasteiger charge is -2.04. The highest BCUT2D eigenvalue weighted by Crippen LogP contribution is 1.98. The van der Waals surface area contributed by atoms with Crippen LogP contribution in [0.3, 0.4) is 0 Å². The number of aromatic nitrogens is 2. The molecule has 0 aromatic carbocycles. The summed E-state index contributed by atoms with van der Waals surface area (Å²) in [5.41, 5.74) is -0.997. The van der Waals surface area contributed by atoms with Crippen LogP contribution < -0.4 is 16.6 Å². The molecular formula is C8H10BrN3O3. The molecule has 1 aromatic rings. The van der Waals surface area contributed by atoms with Crippen LogP contribution >= 0.6 is 15.9 Å². The summed E-state index contributed by atoms with van der Waals surface area (Å²) in [5, 5.41) is 2.44. The zero-order valence-electron chi connectivity index (χ0n) is 8.04. The second-order valence-corrected chi connectivity index (χ2v) is 3.71. The number of halogens is 1. The van der Waals surface area contributed by atoms with Gasteiger partial charge in [-0.3, -0.25) is 19.1 Å². The van der Waals surface area contributed by atoms with E-state index in [-0.39, 0.29) is 23.3 Å². The van der Waals surface area contributed by atoms with Crippen molar-refractivity contribution in [2.24, 2.45) is 0 Å². The molecule has 0 bridgehead atoms. The normalized spacial score (nSPS) is 10.0. The van der Waals surface area contributed by atoms with Gasteiger partial charge in [0.05, 0.1) is 4.47 Å². The molecule has 0 aliphatic rings. The van der Waals surface area contributed by atoms with Gasteiger partial charge in [-0.25, -0.2) is 4.79 Å². The predicted octanol–water partition coefficient (Wildman–Crippen LogP) is -0.565. The molecule has 6 nitrogen and oxygen atoms in total. The molecule has 1 aromatic heterocycles. The van der Waals surface area contributed by atoms with Crippen LogP contribution in [0.15, 0.2) is 20.3 Å². The fraction of sp³-hybridized carbons (Fsp3) is 0.375. The summed E-state index contributed by atoms with van der Waals surface area (Å²) in [6.07, 6.45) is 1.55.